The van der Waals surface area contributed by atoms with Gasteiger partial charge in [0.1, 0.15) is 4.60 Å². The fourth-order valence-electron chi connectivity index (χ4n) is 1.98. The van der Waals surface area contributed by atoms with Crippen LogP contribution in [0.15, 0.2) is 10.7 Å². The Morgan fingerprint density at radius 3 is 2.62 bits per heavy atom. The smallest absolute Gasteiger partial charge is 0.128 e. The fraction of sp³-hybridized carbons (Fsp3) is 0.667. The second kappa shape index (κ2) is 2.82. The SMILES string of the molecule is CC(N)C1(c2cc(Br)nn2C)CC1. The van der Waals surface area contributed by atoms with Gasteiger partial charge in [-0.15, -0.1) is 0 Å². The molecule has 1 heterocycles. The lowest BCUT2D eigenvalue weighted by atomic mass is 9.94. The fourth-order valence-corrected chi connectivity index (χ4v) is 2.43. The van der Waals surface area contributed by atoms with Crippen molar-refractivity contribution in [2.24, 2.45) is 12.8 Å². The zero-order chi connectivity index (χ0) is 9.64. The highest BCUT2D eigenvalue weighted by Gasteiger charge is 2.49. The van der Waals surface area contributed by atoms with Gasteiger partial charge < -0.3 is 5.73 Å². The Hall–Kier alpha value is -0.350. The van der Waals surface area contributed by atoms with Gasteiger partial charge in [-0.05, 0) is 41.8 Å². The zero-order valence-electron chi connectivity index (χ0n) is 7.92. The van der Waals surface area contributed by atoms with Crippen LogP contribution in [0.5, 0.6) is 0 Å². The molecule has 4 heteroatoms. The zero-order valence-corrected chi connectivity index (χ0v) is 9.50. The Bertz CT molecular complexity index is 326. The molecule has 1 atom stereocenters. The van der Waals surface area contributed by atoms with Crippen LogP contribution in [-0.2, 0) is 12.5 Å². The molecule has 1 fully saturated rings. The number of halogens is 1. The van der Waals surface area contributed by atoms with Gasteiger partial charge in [0.05, 0.1) is 0 Å². The molecule has 0 aliphatic heterocycles. The van der Waals surface area contributed by atoms with Crippen LogP contribution in [-0.4, -0.2) is 15.8 Å². The van der Waals surface area contributed by atoms with Gasteiger partial charge in [-0.25, -0.2) is 0 Å². The summed E-state index contributed by atoms with van der Waals surface area (Å²) in [7, 11) is 1.97. The summed E-state index contributed by atoms with van der Waals surface area (Å²) < 4.78 is 2.83. The van der Waals surface area contributed by atoms with Crippen molar-refractivity contribution in [2.75, 3.05) is 0 Å². The quantitative estimate of drug-likeness (QED) is 0.857. The summed E-state index contributed by atoms with van der Waals surface area (Å²) in [4.78, 5) is 0. The van der Waals surface area contributed by atoms with Crippen LogP contribution in [0.4, 0.5) is 0 Å². The van der Waals surface area contributed by atoms with Gasteiger partial charge in [0.2, 0.25) is 0 Å². The molecular weight excluding hydrogens is 230 g/mol. The van der Waals surface area contributed by atoms with Gasteiger partial charge in [0, 0.05) is 24.2 Å². The predicted octanol–water partition coefficient (Wildman–Crippen LogP) is 1.56. The van der Waals surface area contributed by atoms with Crippen molar-refractivity contribution in [2.45, 2.75) is 31.2 Å². The van der Waals surface area contributed by atoms with Crippen LogP contribution < -0.4 is 5.73 Å². The summed E-state index contributed by atoms with van der Waals surface area (Å²) in [6.45, 7) is 2.08. The van der Waals surface area contributed by atoms with Crippen LogP contribution in [0.3, 0.4) is 0 Å². The topological polar surface area (TPSA) is 43.8 Å². The third-order valence-corrected chi connectivity index (χ3v) is 3.41. The maximum Gasteiger partial charge on any atom is 0.128 e. The number of nitrogens with zero attached hydrogens (tertiary/aromatic N) is 2. The Labute approximate surface area is 86.4 Å². The maximum atomic E-state index is 5.99. The van der Waals surface area contributed by atoms with Crippen LogP contribution >= 0.6 is 15.9 Å². The Kier molecular flexibility index (Phi) is 2.00. The van der Waals surface area contributed by atoms with Gasteiger partial charge >= 0.3 is 0 Å². The van der Waals surface area contributed by atoms with Gasteiger partial charge in [-0.2, -0.15) is 5.10 Å². The van der Waals surface area contributed by atoms with Gasteiger partial charge in [-0.3, -0.25) is 4.68 Å². The molecule has 0 saturated heterocycles. The molecule has 0 bridgehead atoms. The molecule has 0 spiro atoms. The molecule has 1 aromatic heterocycles. The molecule has 3 nitrogen and oxygen atoms in total. The first-order chi connectivity index (χ1) is 6.06. The number of nitrogens with two attached hydrogens (primary N) is 1. The summed E-state index contributed by atoms with van der Waals surface area (Å²) in [6, 6.07) is 2.30. The number of rotatable bonds is 2. The van der Waals surface area contributed by atoms with E-state index in [2.05, 4.69) is 34.0 Å². The van der Waals surface area contributed by atoms with E-state index in [0.29, 0.717) is 0 Å². The third kappa shape index (κ3) is 1.32. The summed E-state index contributed by atoms with van der Waals surface area (Å²) >= 11 is 3.38. The first kappa shape index (κ1) is 9.21. The molecule has 2 N–H and O–H groups in total. The predicted molar refractivity (Wildman–Crippen MR) is 55.5 cm³/mol. The molecule has 1 aromatic rings. The standard InChI is InChI=1S/C9H14BrN3/c1-6(11)9(3-4-9)7-5-8(10)12-13(7)2/h5-6H,3-4,11H2,1-2H3. The highest BCUT2D eigenvalue weighted by Crippen LogP contribution is 2.50. The van der Waals surface area contributed by atoms with E-state index >= 15 is 0 Å². The molecule has 1 unspecified atom stereocenters. The molecule has 0 amide bonds. The Morgan fingerprint density at radius 2 is 2.31 bits per heavy atom. The van der Waals surface area contributed by atoms with E-state index in [0.717, 1.165) is 4.60 Å². The van der Waals surface area contributed by atoms with E-state index in [4.69, 9.17) is 5.73 Å². The van der Waals surface area contributed by atoms with Gasteiger partial charge in [0.15, 0.2) is 0 Å². The van der Waals surface area contributed by atoms with Crippen LogP contribution in [0.1, 0.15) is 25.5 Å². The highest BCUT2D eigenvalue weighted by molar-refractivity contribution is 9.10. The largest absolute Gasteiger partial charge is 0.327 e. The molecule has 2 rings (SSSR count). The van der Waals surface area contributed by atoms with Crippen molar-refractivity contribution < 1.29 is 0 Å². The number of aryl methyl sites for hydroxylation is 1. The minimum Gasteiger partial charge on any atom is -0.327 e. The normalized spacial score (nSPS) is 21.5. The molecule has 13 heavy (non-hydrogen) atoms. The molecule has 72 valence electrons. The average Bonchev–Trinajstić information content (AvgIpc) is 2.75. The maximum absolute atomic E-state index is 5.99. The van der Waals surface area contributed by atoms with Crippen molar-refractivity contribution in [3.63, 3.8) is 0 Å². The van der Waals surface area contributed by atoms with E-state index in [-0.39, 0.29) is 11.5 Å². The second-order valence-corrected chi connectivity index (χ2v) is 4.73. The first-order valence-electron chi connectivity index (χ1n) is 4.52. The lowest BCUT2D eigenvalue weighted by molar-refractivity contribution is 0.510. The summed E-state index contributed by atoms with van der Waals surface area (Å²) in [5.41, 5.74) is 7.45. The van der Waals surface area contributed by atoms with E-state index in [1.54, 1.807) is 0 Å². The Balaban J connectivity index is 2.40. The molecule has 1 aliphatic carbocycles. The molecule has 0 radical (unpaired) electrons. The third-order valence-electron chi connectivity index (χ3n) is 3.02. The van der Waals surface area contributed by atoms with Crippen molar-refractivity contribution in [3.8, 4) is 0 Å². The van der Waals surface area contributed by atoms with E-state index < -0.39 is 0 Å². The number of aromatic nitrogens is 2. The van der Waals surface area contributed by atoms with Crippen molar-refractivity contribution in [1.29, 1.82) is 0 Å². The van der Waals surface area contributed by atoms with Crippen molar-refractivity contribution in [1.82, 2.24) is 9.78 Å². The highest BCUT2D eigenvalue weighted by atomic mass is 79.9. The van der Waals surface area contributed by atoms with E-state index in [9.17, 15) is 0 Å². The van der Waals surface area contributed by atoms with Crippen molar-refractivity contribution in [3.05, 3.63) is 16.4 Å². The minimum absolute atomic E-state index is 0.202. The first-order valence-corrected chi connectivity index (χ1v) is 5.31. The van der Waals surface area contributed by atoms with Gasteiger partial charge in [0.25, 0.3) is 0 Å². The van der Waals surface area contributed by atoms with E-state index in [1.165, 1.54) is 18.5 Å². The number of hydrogen-bond acceptors (Lipinski definition) is 2. The van der Waals surface area contributed by atoms with E-state index in [1.807, 2.05) is 11.7 Å². The number of hydrogen-bond donors (Lipinski definition) is 1. The second-order valence-electron chi connectivity index (χ2n) is 3.92. The minimum atomic E-state index is 0.202. The molecule has 1 saturated carbocycles. The van der Waals surface area contributed by atoms with Crippen LogP contribution in [0.2, 0.25) is 0 Å². The van der Waals surface area contributed by atoms with Crippen LogP contribution in [0, 0.1) is 0 Å². The van der Waals surface area contributed by atoms with Crippen LogP contribution in [0.25, 0.3) is 0 Å². The summed E-state index contributed by atoms with van der Waals surface area (Å²) in [6.07, 6.45) is 2.38. The monoisotopic (exact) mass is 243 g/mol. The van der Waals surface area contributed by atoms with Crippen molar-refractivity contribution >= 4 is 15.9 Å². The lowest BCUT2D eigenvalue weighted by Crippen LogP contribution is -2.33. The lowest BCUT2D eigenvalue weighted by Gasteiger charge is -2.19. The molecular formula is C9H14BrN3. The molecule has 0 aromatic carbocycles. The summed E-state index contributed by atoms with van der Waals surface area (Å²) in [5.74, 6) is 0. The summed E-state index contributed by atoms with van der Waals surface area (Å²) in [5, 5.41) is 4.28. The molecule has 1 aliphatic rings. The average molecular weight is 244 g/mol. The Morgan fingerprint density at radius 1 is 1.69 bits per heavy atom. The van der Waals surface area contributed by atoms with Gasteiger partial charge in [-0.1, -0.05) is 0 Å².